The summed E-state index contributed by atoms with van der Waals surface area (Å²) in [5.41, 5.74) is 5.85. The molecular formula is C14H25N5OS. The van der Waals surface area contributed by atoms with Crippen molar-refractivity contribution in [1.29, 1.82) is 0 Å². The molecule has 0 aliphatic heterocycles. The van der Waals surface area contributed by atoms with Gasteiger partial charge in [0.2, 0.25) is 0 Å². The molecule has 21 heavy (non-hydrogen) atoms. The van der Waals surface area contributed by atoms with E-state index in [0.29, 0.717) is 17.2 Å². The van der Waals surface area contributed by atoms with E-state index in [1.165, 1.54) is 24.2 Å². The Morgan fingerprint density at radius 3 is 2.71 bits per heavy atom. The number of nitrogens with one attached hydrogen (secondary N) is 1. The van der Waals surface area contributed by atoms with E-state index >= 15 is 0 Å². The van der Waals surface area contributed by atoms with Crippen molar-refractivity contribution in [2.75, 3.05) is 43.9 Å². The SMILES string of the molecule is CCN(C)c1nc(N)c(C(=O)NCCN(CC)C2CC2)s1. The molecule has 0 bridgehead atoms. The second-order valence-electron chi connectivity index (χ2n) is 5.34. The number of nitrogen functional groups attached to an aromatic ring is 1. The fraction of sp³-hybridized carbons (Fsp3) is 0.714. The molecule has 1 heterocycles. The Labute approximate surface area is 130 Å². The lowest BCUT2D eigenvalue weighted by molar-refractivity contribution is 0.0952. The molecule has 118 valence electrons. The van der Waals surface area contributed by atoms with Crippen LogP contribution in [0, 0.1) is 0 Å². The molecule has 1 aliphatic rings. The Hall–Kier alpha value is -1.34. The fourth-order valence-corrected chi connectivity index (χ4v) is 3.14. The quantitative estimate of drug-likeness (QED) is 0.759. The third-order valence-corrected chi connectivity index (χ3v) is 4.99. The van der Waals surface area contributed by atoms with Gasteiger partial charge in [-0.3, -0.25) is 9.69 Å². The number of nitrogens with two attached hydrogens (primary N) is 1. The van der Waals surface area contributed by atoms with Crippen LogP contribution in [0.3, 0.4) is 0 Å². The van der Waals surface area contributed by atoms with E-state index in [9.17, 15) is 4.79 Å². The first-order valence-electron chi connectivity index (χ1n) is 7.56. The van der Waals surface area contributed by atoms with Crippen molar-refractivity contribution in [3.05, 3.63) is 4.88 Å². The van der Waals surface area contributed by atoms with E-state index in [4.69, 9.17) is 5.73 Å². The molecule has 0 spiro atoms. The Morgan fingerprint density at radius 2 is 2.14 bits per heavy atom. The predicted octanol–water partition coefficient (Wildman–Crippen LogP) is 1.40. The van der Waals surface area contributed by atoms with Gasteiger partial charge in [-0.1, -0.05) is 18.3 Å². The van der Waals surface area contributed by atoms with Crippen LogP contribution in [-0.4, -0.2) is 55.1 Å². The van der Waals surface area contributed by atoms with Crippen molar-refractivity contribution < 1.29 is 4.79 Å². The molecule has 0 atom stereocenters. The zero-order valence-electron chi connectivity index (χ0n) is 13.1. The minimum atomic E-state index is -0.118. The molecule has 1 amide bonds. The van der Waals surface area contributed by atoms with Gasteiger partial charge in [-0.2, -0.15) is 0 Å². The molecule has 3 N–H and O–H groups in total. The van der Waals surface area contributed by atoms with E-state index < -0.39 is 0 Å². The van der Waals surface area contributed by atoms with Gasteiger partial charge in [0.05, 0.1) is 0 Å². The number of nitrogens with zero attached hydrogens (tertiary/aromatic N) is 3. The van der Waals surface area contributed by atoms with Gasteiger partial charge in [-0.25, -0.2) is 4.98 Å². The number of likely N-dealkylation sites (N-methyl/N-ethyl adjacent to an activating group) is 1. The van der Waals surface area contributed by atoms with Crippen molar-refractivity contribution >= 4 is 28.2 Å². The van der Waals surface area contributed by atoms with Crippen molar-refractivity contribution in [1.82, 2.24) is 15.2 Å². The maximum Gasteiger partial charge on any atom is 0.265 e. The van der Waals surface area contributed by atoms with Gasteiger partial charge in [-0.05, 0) is 26.3 Å². The summed E-state index contributed by atoms with van der Waals surface area (Å²) in [5.74, 6) is 0.204. The van der Waals surface area contributed by atoms with Crippen LogP contribution in [0.4, 0.5) is 10.9 Å². The third kappa shape index (κ3) is 4.07. The lowest BCUT2D eigenvalue weighted by atomic mass is 10.4. The number of amides is 1. The lowest BCUT2D eigenvalue weighted by Gasteiger charge is -2.19. The van der Waals surface area contributed by atoms with Gasteiger partial charge >= 0.3 is 0 Å². The second-order valence-corrected chi connectivity index (χ2v) is 6.32. The first-order valence-corrected chi connectivity index (χ1v) is 8.38. The number of hydrogen-bond donors (Lipinski definition) is 2. The molecule has 0 aromatic carbocycles. The molecule has 0 saturated heterocycles. The van der Waals surface area contributed by atoms with Crippen LogP contribution in [0.2, 0.25) is 0 Å². The molecule has 0 radical (unpaired) electrons. The minimum absolute atomic E-state index is 0.118. The summed E-state index contributed by atoms with van der Waals surface area (Å²) in [6.07, 6.45) is 2.58. The maximum absolute atomic E-state index is 12.2. The first-order chi connectivity index (χ1) is 10.1. The number of aromatic nitrogens is 1. The van der Waals surface area contributed by atoms with Crippen LogP contribution in [0.15, 0.2) is 0 Å². The predicted molar refractivity (Wildman–Crippen MR) is 88.1 cm³/mol. The van der Waals surface area contributed by atoms with Crippen LogP contribution in [-0.2, 0) is 0 Å². The number of rotatable bonds is 8. The Bertz CT molecular complexity index is 486. The van der Waals surface area contributed by atoms with E-state index in [0.717, 1.165) is 30.8 Å². The molecule has 1 aliphatic carbocycles. The summed E-state index contributed by atoms with van der Waals surface area (Å²) >= 11 is 1.35. The van der Waals surface area contributed by atoms with Crippen molar-refractivity contribution in [3.63, 3.8) is 0 Å². The summed E-state index contributed by atoms with van der Waals surface area (Å²) in [5, 5.41) is 3.73. The molecule has 6 nitrogen and oxygen atoms in total. The minimum Gasteiger partial charge on any atom is -0.382 e. The standard InChI is InChI=1S/C14H25N5OS/c1-4-18(3)14-17-12(15)11(21-14)13(20)16-8-9-19(5-2)10-6-7-10/h10H,4-9,15H2,1-3H3,(H,16,20). The molecule has 1 aromatic rings. The number of carbonyl (C=O) groups is 1. The highest BCUT2D eigenvalue weighted by Crippen LogP contribution is 2.27. The lowest BCUT2D eigenvalue weighted by Crippen LogP contribution is -2.36. The molecular weight excluding hydrogens is 286 g/mol. The average Bonchev–Trinajstić information content (AvgIpc) is 3.24. The topological polar surface area (TPSA) is 74.5 Å². The van der Waals surface area contributed by atoms with Gasteiger partial charge in [0.1, 0.15) is 10.7 Å². The van der Waals surface area contributed by atoms with Crippen molar-refractivity contribution in [3.8, 4) is 0 Å². The molecule has 7 heteroatoms. The van der Waals surface area contributed by atoms with Crippen LogP contribution >= 0.6 is 11.3 Å². The molecule has 1 saturated carbocycles. The van der Waals surface area contributed by atoms with E-state index in [1.807, 2.05) is 18.9 Å². The van der Waals surface area contributed by atoms with Gasteiger partial charge in [0.25, 0.3) is 5.91 Å². The van der Waals surface area contributed by atoms with Gasteiger partial charge < -0.3 is 16.0 Å². The highest BCUT2D eigenvalue weighted by atomic mass is 32.1. The maximum atomic E-state index is 12.2. The zero-order valence-corrected chi connectivity index (χ0v) is 13.9. The number of thiazole rings is 1. The smallest absolute Gasteiger partial charge is 0.265 e. The van der Waals surface area contributed by atoms with Crippen LogP contribution in [0.5, 0.6) is 0 Å². The second kappa shape index (κ2) is 7.09. The van der Waals surface area contributed by atoms with E-state index in [1.54, 1.807) is 0 Å². The Kier molecular flexibility index (Phi) is 5.41. The summed E-state index contributed by atoms with van der Waals surface area (Å²) in [6.45, 7) is 7.62. The van der Waals surface area contributed by atoms with Crippen LogP contribution in [0.25, 0.3) is 0 Å². The molecule has 1 aromatic heterocycles. The monoisotopic (exact) mass is 311 g/mol. The average molecular weight is 311 g/mol. The highest BCUT2D eigenvalue weighted by molar-refractivity contribution is 7.18. The summed E-state index contributed by atoms with van der Waals surface area (Å²) in [7, 11) is 1.94. The number of hydrogen-bond acceptors (Lipinski definition) is 6. The third-order valence-electron chi connectivity index (χ3n) is 3.80. The summed E-state index contributed by atoms with van der Waals surface area (Å²) < 4.78 is 0. The van der Waals surface area contributed by atoms with Gasteiger partial charge in [0, 0.05) is 32.7 Å². The summed E-state index contributed by atoms with van der Waals surface area (Å²) in [4.78, 5) is 21.3. The Balaban J connectivity index is 1.86. The van der Waals surface area contributed by atoms with Crippen molar-refractivity contribution in [2.45, 2.75) is 32.7 Å². The van der Waals surface area contributed by atoms with Crippen molar-refractivity contribution in [2.24, 2.45) is 0 Å². The molecule has 0 unspecified atom stereocenters. The largest absolute Gasteiger partial charge is 0.382 e. The van der Waals surface area contributed by atoms with Gasteiger partial charge in [-0.15, -0.1) is 0 Å². The molecule has 2 rings (SSSR count). The number of anilines is 2. The van der Waals surface area contributed by atoms with Crippen LogP contribution in [0.1, 0.15) is 36.4 Å². The van der Waals surface area contributed by atoms with Gasteiger partial charge in [0.15, 0.2) is 5.13 Å². The summed E-state index contributed by atoms with van der Waals surface area (Å²) in [6, 6.07) is 0.727. The fourth-order valence-electron chi connectivity index (χ4n) is 2.21. The van der Waals surface area contributed by atoms with E-state index in [2.05, 4.69) is 22.1 Å². The zero-order chi connectivity index (χ0) is 15.4. The Morgan fingerprint density at radius 1 is 1.43 bits per heavy atom. The normalized spacial score (nSPS) is 14.5. The first kappa shape index (κ1) is 16.0. The van der Waals surface area contributed by atoms with Crippen LogP contribution < -0.4 is 16.0 Å². The van der Waals surface area contributed by atoms with E-state index in [-0.39, 0.29) is 5.91 Å². The molecule has 1 fully saturated rings. The number of carbonyl (C=O) groups excluding carboxylic acids is 1. The highest BCUT2D eigenvalue weighted by Gasteiger charge is 2.27.